The van der Waals surface area contributed by atoms with Crippen molar-refractivity contribution in [3.63, 3.8) is 0 Å². The number of benzene rings is 1. The van der Waals surface area contributed by atoms with Gasteiger partial charge in [-0.1, -0.05) is 37.3 Å². The lowest BCUT2D eigenvalue weighted by molar-refractivity contribution is -0.150. The van der Waals surface area contributed by atoms with Gasteiger partial charge in [-0.15, -0.1) is 0 Å². The van der Waals surface area contributed by atoms with Crippen LogP contribution in [-0.4, -0.2) is 54.1 Å². The number of carbonyl (C=O) groups is 1. The van der Waals surface area contributed by atoms with E-state index in [1.165, 1.54) is 5.56 Å². The highest BCUT2D eigenvalue weighted by Gasteiger charge is 2.46. The Hall–Kier alpha value is -2.47. The zero-order chi connectivity index (χ0) is 21.9. The van der Waals surface area contributed by atoms with Gasteiger partial charge in [0.1, 0.15) is 11.6 Å². The Morgan fingerprint density at radius 1 is 1.16 bits per heavy atom. The molecule has 2 aliphatic heterocycles. The number of rotatable bonds is 5. The molecule has 0 aliphatic carbocycles. The molecule has 1 atom stereocenters. The van der Waals surface area contributed by atoms with Crippen LogP contribution in [0.2, 0.25) is 0 Å². The highest BCUT2D eigenvalue weighted by atomic mass is 16.5. The summed E-state index contributed by atoms with van der Waals surface area (Å²) in [5, 5.41) is 3.14. The van der Waals surface area contributed by atoms with Gasteiger partial charge >= 0.3 is 0 Å². The molecule has 166 valence electrons. The van der Waals surface area contributed by atoms with Crippen LogP contribution in [0.25, 0.3) is 0 Å². The first-order valence-electron chi connectivity index (χ1n) is 11.4. The number of hydrogen-bond acceptors (Lipinski definition) is 5. The molecule has 0 bridgehead atoms. The fraction of sp³-hybridized carbons (Fsp3) is 0.560. The van der Waals surface area contributed by atoms with Crippen LogP contribution in [0.5, 0.6) is 0 Å². The van der Waals surface area contributed by atoms with Crippen LogP contribution in [-0.2, 0) is 21.4 Å². The minimum absolute atomic E-state index is 0.245. The molecule has 0 spiro atoms. The highest BCUT2D eigenvalue weighted by molar-refractivity contribution is 5.83. The summed E-state index contributed by atoms with van der Waals surface area (Å²) >= 11 is 0. The molecule has 2 saturated heterocycles. The molecule has 31 heavy (non-hydrogen) atoms. The number of anilines is 1. The molecule has 0 saturated carbocycles. The minimum Gasteiger partial charge on any atom is -0.381 e. The largest absolute Gasteiger partial charge is 0.381 e. The van der Waals surface area contributed by atoms with Crippen molar-refractivity contribution in [1.29, 1.82) is 0 Å². The van der Waals surface area contributed by atoms with E-state index in [9.17, 15) is 4.79 Å². The molecular weight excluding hydrogens is 388 g/mol. The monoisotopic (exact) mass is 422 g/mol. The third-order valence-corrected chi connectivity index (χ3v) is 6.92. The number of nitrogens with one attached hydrogen (secondary N) is 1. The van der Waals surface area contributed by atoms with Crippen LogP contribution in [0, 0.1) is 12.3 Å². The Morgan fingerprint density at radius 3 is 2.61 bits per heavy atom. The molecule has 2 aliphatic rings. The fourth-order valence-corrected chi connectivity index (χ4v) is 5.11. The number of carbonyl (C=O) groups excluding carboxylic acids is 1. The second kappa shape index (κ2) is 8.95. The number of aromatic nitrogens is 2. The number of ether oxygens (including phenoxy) is 1. The maximum atomic E-state index is 14.0. The normalized spacial score (nSPS) is 23.4. The third-order valence-electron chi connectivity index (χ3n) is 6.92. The van der Waals surface area contributed by atoms with Crippen LogP contribution < -0.4 is 5.32 Å². The van der Waals surface area contributed by atoms with Gasteiger partial charge in [0.25, 0.3) is 0 Å². The molecule has 6 heteroatoms. The highest BCUT2D eigenvalue weighted by Crippen LogP contribution is 2.40. The molecule has 6 nitrogen and oxygen atoms in total. The average Bonchev–Trinajstić information content (AvgIpc) is 2.79. The zero-order valence-electron chi connectivity index (χ0n) is 19.0. The number of hydrogen-bond donors (Lipinski definition) is 1. The molecule has 0 unspecified atom stereocenters. The van der Waals surface area contributed by atoms with Crippen molar-refractivity contribution >= 4 is 11.7 Å². The lowest BCUT2D eigenvalue weighted by Gasteiger charge is -2.45. The van der Waals surface area contributed by atoms with Crippen LogP contribution in [0.4, 0.5) is 5.82 Å². The number of nitrogens with zero attached hydrogens (tertiary/aromatic N) is 3. The Morgan fingerprint density at radius 2 is 1.90 bits per heavy atom. The number of piperidine rings is 1. The minimum atomic E-state index is -0.387. The molecule has 1 amide bonds. The smallest absolute Gasteiger partial charge is 0.229 e. The summed E-state index contributed by atoms with van der Waals surface area (Å²) in [6.07, 6.45) is 4.27. The first-order chi connectivity index (χ1) is 14.9. The Bertz CT molecular complexity index is 911. The van der Waals surface area contributed by atoms with Crippen molar-refractivity contribution in [3.8, 4) is 0 Å². The quantitative estimate of drug-likeness (QED) is 0.795. The molecule has 2 aromatic rings. The van der Waals surface area contributed by atoms with Gasteiger partial charge in [0.05, 0.1) is 5.41 Å². The van der Waals surface area contributed by atoms with Gasteiger partial charge in [-0.3, -0.25) is 4.79 Å². The molecule has 2 fully saturated rings. The fourth-order valence-electron chi connectivity index (χ4n) is 5.11. The van der Waals surface area contributed by atoms with E-state index in [1.54, 1.807) is 0 Å². The summed E-state index contributed by atoms with van der Waals surface area (Å²) in [5.41, 5.74) is 1.54. The Kier molecular flexibility index (Phi) is 6.28. The lowest BCUT2D eigenvalue weighted by atomic mass is 9.72. The summed E-state index contributed by atoms with van der Waals surface area (Å²) in [5.74, 6) is 1.93. The van der Waals surface area contributed by atoms with E-state index >= 15 is 0 Å². The second-order valence-electron chi connectivity index (χ2n) is 9.41. The van der Waals surface area contributed by atoms with E-state index in [0.29, 0.717) is 19.8 Å². The van der Waals surface area contributed by atoms with Gasteiger partial charge in [0.2, 0.25) is 5.91 Å². The maximum Gasteiger partial charge on any atom is 0.229 e. The van der Waals surface area contributed by atoms with Crippen LogP contribution in [0.3, 0.4) is 0 Å². The number of aryl methyl sites for hydroxylation is 1. The summed E-state index contributed by atoms with van der Waals surface area (Å²) in [6.45, 7) is 6.96. The van der Waals surface area contributed by atoms with Crippen molar-refractivity contribution in [1.82, 2.24) is 14.9 Å². The average molecular weight is 423 g/mol. The third kappa shape index (κ3) is 4.59. The summed E-state index contributed by atoms with van der Waals surface area (Å²) in [6, 6.07) is 12.3. The van der Waals surface area contributed by atoms with Crippen LogP contribution >= 0.6 is 0 Å². The van der Waals surface area contributed by atoms with Gasteiger partial charge < -0.3 is 15.0 Å². The molecule has 1 aromatic heterocycles. The Balaban J connectivity index is 1.60. The van der Waals surface area contributed by atoms with Crippen LogP contribution in [0.15, 0.2) is 36.4 Å². The van der Waals surface area contributed by atoms with Crippen molar-refractivity contribution in [2.75, 3.05) is 38.7 Å². The molecule has 3 heterocycles. The Labute approximate surface area is 185 Å². The van der Waals surface area contributed by atoms with Crippen molar-refractivity contribution in [2.45, 2.75) is 51.4 Å². The van der Waals surface area contributed by atoms with E-state index in [-0.39, 0.29) is 16.7 Å². The second-order valence-corrected chi connectivity index (χ2v) is 9.41. The first-order valence-corrected chi connectivity index (χ1v) is 11.4. The standard InChI is InChI=1S/C25H34N4O2/c1-19-16-21(26-3)28-22(27-19)24(2)10-7-13-29(18-24)23(30)25(11-14-31-15-12-25)17-20-8-5-4-6-9-20/h4-6,8-9,16H,7,10-15,17-18H2,1-3H3,(H,26,27,28)/t24-/m1/s1. The summed E-state index contributed by atoms with van der Waals surface area (Å²) in [7, 11) is 1.88. The number of likely N-dealkylation sites (tertiary alicyclic amines) is 1. The predicted molar refractivity (Wildman–Crippen MR) is 122 cm³/mol. The SMILES string of the molecule is CNc1cc(C)nc([C@]2(C)CCCN(C(=O)C3(Cc4ccccc4)CCOCC3)C2)n1. The van der Waals surface area contributed by atoms with Crippen molar-refractivity contribution in [2.24, 2.45) is 5.41 Å². The first kappa shape index (κ1) is 21.8. The maximum absolute atomic E-state index is 14.0. The van der Waals surface area contributed by atoms with Gasteiger partial charge in [-0.2, -0.15) is 0 Å². The van der Waals surface area contributed by atoms with E-state index in [2.05, 4.69) is 41.4 Å². The molecule has 1 aromatic carbocycles. The molecule has 4 rings (SSSR count). The summed E-state index contributed by atoms with van der Waals surface area (Å²) in [4.78, 5) is 25.6. The molecule has 1 N–H and O–H groups in total. The van der Waals surface area contributed by atoms with Gasteiger partial charge in [-0.05, 0) is 44.6 Å². The van der Waals surface area contributed by atoms with E-state index in [4.69, 9.17) is 14.7 Å². The van der Waals surface area contributed by atoms with E-state index < -0.39 is 0 Å². The topological polar surface area (TPSA) is 67.4 Å². The van der Waals surface area contributed by atoms with Gasteiger partial charge in [0, 0.05) is 50.5 Å². The van der Waals surface area contributed by atoms with E-state index in [0.717, 1.165) is 56.0 Å². The van der Waals surface area contributed by atoms with Gasteiger partial charge in [-0.25, -0.2) is 9.97 Å². The zero-order valence-corrected chi connectivity index (χ0v) is 19.0. The van der Waals surface area contributed by atoms with Crippen molar-refractivity contribution < 1.29 is 9.53 Å². The number of amides is 1. The summed E-state index contributed by atoms with van der Waals surface area (Å²) < 4.78 is 5.65. The lowest BCUT2D eigenvalue weighted by Crippen LogP contribution is -2.54. The predicted octanol–water partition coefficient (Wildman–Crippen LogP) is 3.75. The van der Waals surface area contributed by atoms with E-state index in [1.807, 2.05) is 26.1 Å². The van der Waals surface area contributed by atoms with Crippen molar-refractivity contribution in [3.05, 3.63) is 53.5 Å². The molecule has 0 radical (unpaired) electrons. The van der Waals surface area contributed by atoms with Gasteiger partial charge in [0.15, 0.2) is 0 Å². The van der Waals surface area contributed by atoms with Crippen LogP contribution in [0.1, 0.15) is 49.7 Å². The molecular formula is C25H34N4O2.